The van der Waals surface area contributed by atoms with Crippen molar-refractivity contribution in [2.75, 3.05) is 0 Å². The molecule has 0 saturated carbocycles. The summed E-state index contributed by atoms with van der Waals surface area (Å²) in [6.07, 6.45) is -6.04. The van der Waals surface area contributed by atoms with Crippen LogP contribution in [0.4, 0.5) is 13.2 Å². The zero-order valence-electron chi connectivity index (χ0n) is 13.1. The van der Waals surface area contributed by atoms with E-state index in [0.717, 1.165) is 10.8 Å². The van der Waals surface area contributed by atoms with Crippen molar-refractivity contribution in [3.8, 4) is 0 Å². The van der Waals surface area contributed by atoms with Crippen LogP contribution in [0.5, 0.6) is 0 Å². The molecule has 128 valence electrons. The quantitative estimate of drug-likeness (QED) is 0.686. The Morgan fingerprint density at radius 1 is 0.840 bits per heavy atom. The van der Waals surface area contributed by atoms with E-state index in [2.05, 4.69) is 0 Å². The zero-order valence-corrected chi connectivity index (χ0v) is 13.1. The number of hydrogen-bond acceptors (Lipinski definition) is 2. The third kappa shape index (κ3) is 3.28. The maximum Gasteiger partial charge on any atom is 0.421 e. The Labute approximate surface area is 142 Å². The summed E-state index contributed by atoms with van der Waals surface area (Å²) in [5, 5.41) is 12.0. The first-order valence-corrected chi connectivity index (χ1v) is 7.68. The molecule has 0 aliphatic carbocycles. The lowest BCUT2D eigenvalue weighted by Gasteiger charge is -2.30. The maximum atomic E-state index is 13.5. The number of carbonyl (C=O) groups is 1. The SMILES string of the molecule is O=C(CC(O)(c1ccccc1)C(F)(F)F)c1ccc2ccccc2c1. The molecule has 0 aliphatic heterocycles. The molecule has 1 N–H and O–H groups in total. The molecule has 2 nitrogen and oxygen atoms in total. The van der Waals surface area contributed by atoms with Gasteiger partial charge in [0.1, 0.15) is 0 Å². The summed E-state index contributed by atoms with van der Waals surface area (Å²) >= 11 is 0. The second-order valence-corrected chi connectivity index (χ2v) is 5.89. The standard InChI is InChI=1S/C20H15F3O2/c21-20(22,23)19(25,17-8-2-1-3-9-17)13-18(24)16-11-10-14-6-4-5-7-15(14)12-16/h1-12,25H,13H2. The van der Waals surface area contributed by atoms with Gasteiger partial charge in [0.05, 0.1) is 6.42 Å². The minimum Gasteiger partial charge on any atom is -0.376 e. The summed E-state index contributed by atoms with van der Waals surface area (Å²) in [4.78, 5) is 12.5. The second-order valence-electron chi connectivity index (χ2n) is 5.89. The molecule has 0 heterocycles. The summed E-state index contributed by atoms with van der Waals surface area (Å²) in [5.74, 6) is -0.769. The number of carbonyl (C=O) groups excluding carboxylic acids is 1. The fourth-order valence-electron chi connectivity index (χ4n) is 2.78. The van der Waals surface area contributed by atoms with Crippen molar-refractivity contribution >= 4 is 16.6 Å². The first-order valence-electron chi connectivity index (χ1n) is 7.68. The number of aliphatic hydroxyl groups is 1. The van der Waals surface area contributed by atoms with Crippen molar-refractivity contribution in [2.24, 2.45) is 0 Å². The molecule has 3 aromatic rings. The predicted octanol–water partition coefficient (Wildman–Crippen LogP) is 4.86. The average molecular weight is 344 g/mol. The van der Waals surface area contributed by atoms with Crippen molar-refractivity contribution in [1.82, 2.24) is 0 Å². The molecule has 25 heavy (non-hydrogen) atoms. The number of alkyl halides is 3. The molecular formula is C20H15F3O2. The van der Waals surface area contributed by atoms with Crippen LogP contribution >= 0.6 is 0 Å². The number of ketones is 1. The zero-order chi connectivity index (χ0) is 18.1. The van der Waals surface area contributed by atoms with Gasteiger partial charge in [-0.05, 0) is 22.4 Å². The van der Waals surface area contributed by atoms with Crippen molar-refractivity contribution < 1.29 is 23.1 Å². The number of rotatable bonds is 4. The molecule has 0 amide bonds. The van der Waals surface area contributed by atoms with Crippen LogP contribution in [0.15, 0.2) is 72.8 Å². The molecular weight excluding hydrogens is 329 g/mol. The summed E-state index contributed by atoms with van der Waals surface area (Å²) < 4.78 is 40.6. The van der Waals surface area contributed by atoms with E-state index < -0.39 is 24.0 Å². The third-order valence-electron chi connectivity index (χ3n) is 4.21. The third-order valence-corrected chi connectivity index (χ3v) is 4.21. The molecule has 0 aliphatic rings. The molecule has 3 aromatic carbocycles. The minimum atomic E-state index is -4.97. The maximum absolute atomic E-state index is 13.5. The Balaban J connectivity index is 1.97. The van der Waals surface area contributed by atoms with Crippen LogP contribution in [0, 0.1) is 0 Å². The molecule has 0 bridgehead atoms. The summed E-state index contributed by atoms with van der Waals surface area (Å²) in [7, 11) is 0. The van der Waals surface area contributed by atoms with Gasteiger partial charge in [-0.2, -0.15) is 13.2 Å². The number of halogens is 3. The van der Waals surface area contributed by atoms with Crippen LogP contribution in [-0.2, 0) is 5.60 Å². The van der Waals surface area contributed by atoms with E-state index in [1.165, 1.54) is 30.3 Å². The number of Topliss-reactive ketones (excluding diaryl/α,β-unsaturated/α-hetero) is 1. The van der Waals surface area contributed by atoms with Crippen molar-refractivity contribution in [1.29, 1.82) is 0 Å². The number of fused-ring (bicyclic) bond motifs is 1. The van der Waals surface area contributed by atoms with Gasteiger partial charge in [0.25, 0.3) is 0 Å². The van der Waals surface area contributed by atoms with Crippen LogP contribution in [0.2, 0.25) is 0 Å². The molecule has 0 radical (unpaired) electrons. The van der Waals surface area contributed by atoms with Gasteiger partial charge in [0.15, 0.2) is 11.4 Å². The van der Waals surface area contributed by atoms with Crippen LogP contribution in [-0.4, -0.2) is 17.1 Å². The lowest BCUT2D eigenvalue weighted by atomic mass is 9.86. The predicted molar refractivity (Wildman–Crippen MR) is 89.3 cm³/mol. The molecule has 1 unspecified atom stereocenters. The number of hydrogen-bond donors (Lipinski definition) is 1. The van der Waals surface area contributed by atoms with Gasteiger partial charge in [-0.15, -0.1) is 0 Å². The molecule has 5 heteroatoms. The van der Waals surface area contributed by atoms with E-state index in [1.54, 1.807) is 30.3 Å². The highest BCUT2D eigenvalue weighted by atomic mass is 19.4. The highest BCUT2D eigenvalue weighted by Gasteiger charge is 2.55. The monoisotopic (exact) mass is 344 g/mol. The highest BCUT2D eigenvalue weighted by Crippen LogP contribution is 2.42. The van der Waals surface area contributed by atoms with Crippen LogP contribution in [0.25, 0.3) is 10.8 Å². The van der Waals surface area contributed by atoms with Gasteiger partial charge in [0.2, 0.25) is 0 Å². The molecule has 0 saturated heterocycles. The second kappa shape index (κ2) is 6.33. The van der Waals surface area contributed by atoms with Gasteiger partial charge in [-0.1, -0.05) is 66.7 Å². The molecule has 0 aromatic heterocycles. The topological polar surface area (TPSA) is 37.3 Å². The van der Waals surface area contributed by atoms with E-state index in [9.17, 15) is 23.1 Å². The molecule has 1 atom stereocenters. The first-order chi connectivity index (χ1) is 11.8. The fourth-order valence-corrected chi connectivity index (χ4v) is 2.78. The lowest BCUT2D eigenvalue weighted by molar-refractivity contribution is -0.264. The Morgan fingerprint density at radius 2 is 1.44 bits per heavy atom. The van der Waals surface area contributed by atoms with Crippen LogP contribution in [0.3, 0.4) is 0 Å². The molecule has 3 rings (SSSR count). The smallest absolute Gasteiger partial charge is 0.376 e. The van der Waals surface area contributed by atoms with Gasteiger partial charge >= 0.3 is 6.18 Å². The average Bonchev–Trinajstić information content (AvgIpc) is 2.61. The lowest BCUT2D eigenvalue weighted by Crippen LogP contribution is -2.44. The Bertz CT molecular complexity index is 903. The van der Waals surface area contributed by atoms with E-state index >= 15 is 0 Å². The number of benzene rings is 3. The van der Waals surface area contributed by atoms with E-state index in [4.69, 9.17) is 0 Å². The Morgan fingerprint density at radius 3 is 2.08 bits per heavy atom. The van der Waals surface area contributed by atoms with Crippen molar-refractivity contribution in [2.45, 2.75) is 18.2 Å². The van der Waals surface area contributed by atoms with E-state index in [0.29, 0.717) is 0 Å². The van der Waals surface area contributed by atoms with E-state index in [-0.39, 0.29) is 11.1 Å². The Kier molecular flexibility index (Phi) is 4.35. The van der Waals surface area contributed by atoms with Gasteiger partial charge in [-0.3, -0.25) is 4.79 Å². The van der Waals surface area contributed by atoms with Gasteiger partial charge < -0.3 is 5.11 Å². The normalized spacial score (nSPS) is 14.2. The van der Waals surface area contributed by atoms with E-state index in [1.807, 2.05) is 12.1 Å². The molecule has 0 spiro atoms. The largest absolute Gasteiger partial charge is 0.421 e. The van der Waals surface area contributed by atoms with Crippen LogP contribution < -0.4 is 0 Å². The minimum absolute atomic E-state index is 0.136. The van der Waals surface area contributed by atoms with Gasteiger partial charge in [0, 0.05) is 5.56 Å². The molecule has 0 fully saturated rings. The van der Waals surface area contributed by atoms with Gasteiger partial charge in [-0.25, -0.2) is 0 Å². The fraction of sp³-hybridized carbons (Fsp3) is 0.150. The summed E-state index contributed by atoms with van der Waals surface area (Å²) in [5.41, 5.74) is -3.44. The Hall–Kier alpha value is -2.66. The summed E-state index contributed by atoms with van der Waals surface area (Å²) in [6.45, 7) is 0. The highest BCUT2D eigenvalue weighted by molar-refractivity contribution is 6.00. The van der Waals surface area contributed by atoms with Crippen LogP contribution in [0.1, 0.15) is 22.3 Å². The van der Waals surface area contributed by atoms with Crippen molar-refractivity contribution in [3.05, 3.63) is 83.9 Å². The van der Waals surface area contributed by atoms with Crippen molar-refractivity contribution in [3.63, 3.8) is 0 Å². The summed E-state index contributed by atoms with van der Waals surface area (Å²) in [6, 6.07) is 18.6. The first kappa shape index (κ1) is 17.2.